The third-order valence-electron chi connectivity index (χ3n) is 6.33. The van der Waals surface area contributed by atoms with Crippen LogP contribution in [0.2, 0.25) is 0 Å². The third kappa shape index (κ3) is 3.81. The molecule has 3 heterocycles. The van der Waals surface area contributed by atoms with E-state index in [2.05, 4.69) is 10.2 Å². The average molecular weight is 371 g/mol. The average Bonchev–Trinajstić information content (AvgIpc) is 3.15. The number of amides is 3. The maximum absolute atomic E-state index is 13.3. The Hall–Kier alpha value is -2.08. The molecular formula is C21H29N3O3. The van der Waals surface area contributed by atoms with Crippen molar-refractivity contribution in [2.24, 2.45) is 5.41 Å². The number of benzene rings is 1. The summed E-state index contributed by atoms with van der Waals surface area (Å²) < 4.78 is 5.46. The molecule has 3 saturated heterocycles. The summed E-state index contributed by atoms with van der Waals surface area (Å²) in [5.74, 6) is 0.263. The molecule has 3 aliphatic rings. The fraction of sp³-hybridized carbons (Fsp3) is 0.619. The first kappa shape index (κ1) is 18.3. The standard InChI is InChI=1S/C21H29N3O3/c25-19-21(9-4-11-24(19)18-7-13-27-14-8-18)10-12-23(16-21)20(26)22-15-17-5-2-1-3-6-17/h1-3,5-6,18H,4,7-16H2,(H,22,26)/t21-/m0/s1. The Bertz CT molecular complexity index is 675. The molecule has 3 amide bonds. The van der Waals surface area contributed by atoms with E-state index in [1.165, 1.54) is 0 Å². The molecule has 1 aromatic carbocycles. The number of carbonyl (C=O) groups excluding carboxylic acids is 2. The highest BCUT2D eigenvalue weighted by atomic mass is 16.5. The highest BCUT2D eigenvalue weighted by Crippen LogP contribution is 2.41. The predicted octanol–water partition coefficient (Wildman–Crippen LogP) is 2.39. The van der Waals surface area contributed by atoms with E-state index in [1.807, 2.05) is 35.2 Å². The van der Waals surface area contributed by atoms with Crippen LogP contribution in [0.4, 0.5) is 4.79 Å². The molecule has 0 bridgehead atoms. The number of urea groups is 1. The minimum atomic E-state index is -0.374. The Balaban J connectivity index is 1.36. The van der Waals surface area contributed by atoms with E-state index >= 15 is 0 Å². The number of nitrogens with one attached hydrogen (secondary N) is 1. The van der Waals surface area contributed by atoms with Gasteiger partial charge in [0.15, 0.2) is 0 Å². The Morgan fingerprint density at radius 3 is 2.70 bits per heavy atom. The topological polar surface area (TPSA) is 61.9 Å². The van der Waals surface area contributed by atoms with Crippen LogP contribution in [0.25, 0.3) is 0 Å². The summed E-state index contributed by atoms with van der Waals surface area (Å²) in [6.07, 6.45) is 4.58. The normalized spacial score (nSPS) is 26.6. The number of hydrogen-bond donors (Lipinski definition) is 1. The van der Waals surface area contributed by atoms with Gasteiger partial charge >= 0.3 is 6.03 Å². The van der Waals surface area contributed by atoms with Crippen LogP contribution in [-0.2, 0) is 16.1 Å². The van der Waals surface area contributed by atoms with Crippen molar-refractivity contribution in [3.63, 3.8) is 0 Å². The Kier molecular flexibility index (Phi) is 5.34. The van der Waals surface area contributed by atoms with Gasteiger partial charge in [0.25, 0.3) is 0 Å². The van der Waals surface area contributed by atoms with Crippen LogP contribution < -0.4 is 5.32 Å². The van der Waals surface area contributed by atoms with Gasteiger partial charge in [0, 0.05) is 45.4 Å². The lowest BCUT2D eigenvalue weighted by atomic mass is 9.77. The molecule has 1 N–H and O–H groups in total. The zero-order valence-corrected chi connectivity index (χ0v) is 15.9. The van der Waals surface area contributed by atoms with Crippen molar-refractivity contribution in [2.45, 2.75) is 44.7 Å². The molecule has 27 heavy (non-hydrogen) atoms. The SMILES string of the molecule is O=C(NCc1ccccc1)N1CC[C@@]2(CCCN(C3CCOCC3)C2=O)C1. The van der Waals surface area contributed by atoms with Gasteiger partial charge in [-0.05, 0) is 37.7 Å². The first-order valence-electron chi connectivity index (χ1n) is 10.1. The lowest BCUT2D eigenvalue weighted by Crippen LogP contribution is -2.55. The van der Waals surface area contributed by atoms with E-state index in [0.29, 0.717) is 25.7 Å². The van der Waals surface area contributed by atoms with Gasteiger partial charge in [-0.1, -0.05) is 30.3 Å². The zero-order valence-electron chi connectivity index (χ0n) is 15.9. The second-order valence-electron chi connectivity index (χ2n) is 8.04. The lowest BCUT2D eigenvalue weighted by molar-refractivity contribution is -0.150. The molecule has 4 rings (SSSR count). The third-order valence-corrected chi connectivity index (χ3v) is 6.33. The molecule has 6 heteroatoms. The molecule has 0 saturated carbocycles. The maximum Gasteiger partial charge on any atom is 0.317 e. The summed E-state index contributed by atoms with van der Waals surface area (Å²) in [5, 5.41) is 3.00. The Morgan fingerprint density at radius 1 is 1.15 bits per heavy atom. The summed E-state index contributed by atoms with van der Waals surface area (Å²) in [6, 6.07) is 10.2. The van der Waals surface area contributed by atoms with Gasteiger partial charge in [-0.3, -0.25) is 4.79 Å². The molecular weight excluding hydrogens is 342 g/mol. The van der Waals surface area contributed by atoms with Crippen LogP contribution in [0.3, 0.4) is 0 Å². The number of carbonyl (C=O) groups is 2. The van der Waals surface area contributed by atoms with E-state index < -0.39 is 0 Å². The van der Waals surface area contributed by atoms with Gasteiger partial charge in [0.05, 0.1) is 5.41 Å². The Labute approximate surface area is 160 Å². The van der Waals surface area contributed by atoms with E-state index in [-0.39, 0.29) is 17.4 Å². The lowest BCUT2D eigenvalue weighted by Gasteiger charge is -2.44. The molecule has 146 valence electrons. The van der Waals surface area contributed by atoms with Crippen LogP contribution in [0.5, 0.6) is 0 Å². The van der Waals surface area contributed by atoms with Gasteiger partial charge in [-0.25, -0.2) is 4.79 Å². The molecule has 1 atom stereocenters. The van der Waals surface area contributed by atoms with Gasteiger partial charge in [-0.15, -0.1) is 0 Å². The van der Waals surface area contributed by atoms with Gasteiger partial charge in [0.1, 0.15) is 0 Å². The van der Waals surface area contributed by atoms with E-state index in [9.17, 15) is 9.59 Å². The molecule has 0 aliphatic carbocycles. The second-order valence-corrected chi connectivity index (χ2v) is 8.04. The first-order valence-corrected chi connectivity index (χ1v) is 10.1. The van der Waals surface area contributed by atoms with Crippen molar-refractivity contribution in [3.8, 4) is 0 Å². The summed E-state index contributed by atoms with van der Waals surface area (Å²) >= 11 is 0. The zero-order chi connectivity index (χ0) is 18.7. The highest BCUT2D eigenvalue weighted by molar-refractivity contribution is 5.86. The fourth-order valence-electron chi connectivity index (χ4n) is 4.76. The molecule has 3 fully saturated rings. The Morgan fingerprint density at radius 2 is 1.93 bits per heavy atom. The highest BCUT2D eigenvalue weighted by Gasteiger charge is 2.50. The summed E-state index contributed by atoms with van der Waals surface area (Å²) in [4.78, 5) is 29.9. The number of hydrogen-bond acceptors (Lipinski definition) is 3. The molecule has 1 spiro atoms. The predicted molar refractivity (Wildman–Crippen MR) is 102 cm³/mol. The summed E-state index contributed by atoms with van der Waals surface area (Å²) in [7, 11) is 0. The number of piperidine rings is 1. The molecule has 1 aromatic rings. The van der Waals surface area contributed by atoms with E-state index in [1.54, 1.807) is 0 Å². The summed E-state index contributed by atoms with van der Waals surface area (Å²) in [6.45, 7) is 4.07. The van der Waals surface area contributed by atoms with Gasteiger partial charge < -0.3 is 19.9 Å². The molecule has 0 unspecified atom stereocenters. The van der Waals surface area contributed by atoms with Crippen LogP contribution >= 0.6 is 0 Å². The van der Waals surface area contributed by atoms with Crippen molar-refractivity contribution in [1.82, 2.24) is 15.1 Å². The van der Waals surface area contributed by atoms with Crippen molar-refractivity contribution in [3.05, 3.63) is 35.9 Å². The largest absolute Gasteiger partial charge is 0.381 e. The monoisotopic (exact) mass is 371 g/mol. The van der Waals surface area contributed by atoms with Crippen molar-refractivity contribution >= 4 is 11.9 Å². The molecule has 6 nitrogen and oxygen atoms in total. The molecule has 0 radical (unpaired) electrons. The smallest absolute Gasteiger partial charge is 0.317 e. The van der Waals surface area contributed by atoms with Crippen LogP contribution in [0.1, 0.15) is 37.7 Å². The second kappa shape index (κ2) is 7.89. The van der Waals surface area contributed by atoms with Crippen molar-refractivity contribution in [1.29, 1.82) is 0 Å². The molecule has 0 aromatic heterocycles. The van der Waals surface area contributed by atoms with E-state index in [0.717, 1.165) is 57.4 Å². The van der Waals surface area contributed by atoms with Gasteiger partial charge in [0.2, 0.25) is 5.91 Å². The minimum Gasteiger partial charge on any atom is -0.381 e. The quantitative estimate of drug-likeness (QED) is 0.887. The van der Waals surface area contributed by atoms with Gasteiger partial charge in [-0.2, -0.15) is 0 Å². The fourth-order valence-corrected chi connectivity index (χ4v) is 4.76. The first-order chi connectivity index (χ1) is 13.2. The molecule has 3 aliphatic heterocycles. The number of nitrogens with zero attached hydrogens (tertiary/aromatic N) is 2. The van der Waals surface area contributed by atoms with Crippen LogP contribution in [0, 0.1) is 5.41 Å². The van der Waals surface area contributed by atoms with Crippen molar-refractivity contribution < 1.29 is 14.3 Å². The van der Waals surface area contributed by atoms with Crippen molar-refractivity contribution in [2.75, 3.05) is 32.8 Å². The van der Waals surface area contributed by atoms with Crippen LogP contribution in [-0.4, -0.2) is 60.6 Å². The number of likely N-dealkylation sites (tertiary alicyclic amines) is 2. The number of ether oxygens (including phenoxy) is 1. The maximum atomic E-state index is 13.3. The van der Waals surface area contributed by atoms with E-state index in [4.69, 9.17) is 4.74 Å². The number of rotatable bonds is 3. The minimum absolute atomic E-state index is 0.0632. The summed E-state index contributed by atoms with van der Waals surface area (Å²) in [5.41, 5.74) is 0.708. The van der Waals surface area contributed by atoms with Crippen LogP contribution in [0.15, 0.2) is 30.3 Å².